The van der Waals surface area contributed by atoms with Crippen molar-refractivity contribution < 1.29 is 8.95 Å². The lowest BCUT2D eigenvalue weighted by atomic mass is 9.94. The van der Waals surface area contributed by atoms with Crippen molar-refractivity contribution in [1.29, 1.82) is 10.0 Å². The Kier molecular flexibility index (Phi) is 3.37. The van der Waals surface area contributed by atoms with Gasteiger partial charge in [0.05, 0.1) is 23.5 Å². The molecule has 0 atom stereocenters. The van der Waals surface area contributed by atoms with Gasteiger partial charge in [0, 0.05) is 21.2 Å². The molecule has 6 nitrogen and oxygen atoms in total. The summed E-state index contributed by atoms with van der Waals surface area (Å²) in [5.41, 5.74) is 1.43. The van der Waals surface area contributed by atoms with E-state index in [1.54, 1.807) is 12.3 Å². The highest BCUT2D eigenvalue weighted by atomic mass is 32.2. The van der Waals surface area contributed by atoms with E-state index in [4.69, 9.17) is 22.6 Å². The van der Waals surface area contributed by atoms with Crippen molar-refractivity contribution in [2.45, 2.75) is 18.9 Å². The molecule has 21 heavy (non-hydrogen) atoms. The van der Waals surface area contributed by atoms with Crippen LogP contribution >= 0.6 is 0 Å². The lowest BCUT2D eigenvalue weighted by Gasteiger charge is -2.24. The maximum atomic E-state index is 11.6. The first-order valence-electron chi connectivity index (χ1n) is 6.56. The molecule has 0 bridgehead atoms. The molecule has 2 radical (unpaired) electrons. The third-order valence-electron chi connectivity index (χ3n) is 3.58. The number of fused-ring (bicyclic) bond motifs is 1. The van der Waals surface area contributed by atoms with Crippen molar-refractivity contribution in [3.8, 4) is 11.8 Å². The molecule has 0 unspecified atom stereocenters. The van der Waals surface area contributed by atoms with E-state index in [-0.39, 0.29) is 6.10 Å². The third kappa shape index (κ3) is 2.74. The number of aromatic nitrogens is 2. The lowest BCUT2D eigenvalue weighted by molar-refractivity contribution is 0.190. The fourth-order valence-electron chi connectivity index (χ4n) is 2.47. The van der Waals surface area contributed by atoms with Crippen LogP contribution in [0.2, 0.25) is 0 Å². The minimum absolute atomic E-state index is 0.0622. The van der Waals surface area contributed by atoms with Gasteiger partial charge in [0.1, 0.15) is 25.8 Å². The molecule has 1 fully saturated rings. The van der Waals surface area contributed by atoms with Crippen LogP contribution in [0, 0.1) is 16.1 Å². The molecular weight excluding hydrogens is 287 g/mol. The second-order valence-corrected chi connectivity index (χ2v) is 7.57. The van der Waals surface area contributed by atoms with Crippen LogP contribution in [0.1, 0.15) is 18.4 Å². The second kappa shape index (κ2) is 5.08. The fraction of sp³-hybridized carbons (Fsp3) is 0.385. The number of hydrogen-bond acceptors (Lipinski definition) is 5. The molecule has 2 aromatic rings. The summed E-state index contributed by atoms with van der Waals surface area (Å²) >= 11 is 0. The maximum Gasteiger partial charge on any atom is 0.137 e. The SMILES string of the molecule is [B]c1cc(OC2CCS(=N)(=O)CC2)cn2ncc(C#N)c12. The van der Waals surface area contributed by atoms with Gasteiger partial charge in [-0.2, -0.15) is 10.4 Å². The van der Waals surface area contributed by atoms with E-state index in [1.807, 2.05) is 6.07 Å². The van der Waals surface area contributed by atoms with Gasteiger partial charge < -0.3 is 4.74 Å². The van der Waals surface area contributed by atoms with Crippen LogP contribution in [-0.4, -0.2) is 39.3 Å². The van der Waals surface area contributed by atoms with Gasteiger partial charge in [0.15, 0.2) is 0 Å². The molecule has 0 saturated carbocycles. The number of nitrogens with zero attached hydrogens (tertiary/aromatic N) is 3. The number of nitrogens with one attached hydrogen (secondary N) is 1. The van der Waals surface area contributed by atoms with E-state index in [0.717, 1.165) is 0 Å². The van der Waals surface area contributed by atoms with Gasteiger partial charge in [0.25, 0.3) is 0 Å². The Morgan fingerprint density at radius 1 is 1.52 bits per heavy atom. The average Bonchev–Trinajstić information content (AvgIpc) is 2.85. The van der Waals surface area contributed by atoms with Gasteiger partial charge in [-0.25, -0.2) is 8.72 Å². The Morgan fingerprint density at radius 3 is 2.90 bits per heavy atom. The highest BCUT2D eigenvalue weighted by Crippen LogP contribution is 2.20. The summed E-state index contributed by atoms with van der Waals surface area (Å²) in [5.74, 6) is 1.31. The Morgan fingerprint density at radius 2 is 2.24 bits per heavy atom. The number of pyridine rings is 1. The summed E-state index contributed by atoms with van der Waals surface area (Å²) in [6.07, 6.45) is 4.28. The lowest BCUT2D eigenvalue weighted by Crippen LogP contribution is -2.30. The zero-order chi connectivity index (χ0) is 15.0. The number of rotatable bonds is 2. The monoisotopic (exact) mass is 300 g/mol. The van der Waals surface area contributed by atoms with E-state index >= 15 is 0 Å². The molecule has 1 aliphatic heterocycles. The minimum Gasteiger partial charge on any atom is -0.489 e. The predicted octanol–water partition coefficient (Wildman–Crippen LogP) is 0.588. The molecule has 0 aliphatic carbocycles. The Labute approximate surface area is 124 Å². The summed E-state index contributed by atoms with van der Waals surface area (Å²) in [4.78, 5) is 0. The van der Waals surface area contributed by atoms with Crippen molar-refractivity contribution >= 4 is 28.6 Å². The van der Waals surface area contributed by atoms with Crippen molar-refractivity contribution in [2.24, 2.45) is 0 Å². The Balaban J connectivity index is 1.84. The number of nitriles is 1. The molecule has 106 valence electrons. The van der Waals surface area contributed by atoms with Gasteiger partial charge in [0.2, 0.25) is 0 Å². The first kappa shape index (κ1) is 14.0. The van der Waals surface area contributed by atoms with Crippen molar-refractivity contribution in [3.05, 3.63) is 24.0 Å². The van der Waals surface area contributed by atoms with E-state index in [9.17, 15) is 4.21 Å². The van der Waals surface area contributed by atoms with E-state index in [0.29, 0.717) is 46.6 Å². The van der Waals surface area contributed by atoms with Crippen LogP contribution in [0.15, 0.2) is 18.5 Å². The van der Waals surface area contributed by atoms with Crippen LogP contribution < -0.4 is 10.2 Å². The summed E-state index contributed by atoms with van der Waals surface area (Å²) in [5, 5.41) is 13.1. The third-order valence-corrected chi connectivity index (χ3v) is 5.37. The Bertz CT molecular complexity index is 824. The standard InChI is InChI=1S/C13H13BN4O2S/c14-12-5-11(8-18-13(12)9(6-15)7-17-18)20-10-1-3-21(16,19)4-2-10/h5,7-8,10,16H,1-4H2. The molecule has 0 amide bonds. The predicted molar refractivity (Wildman–Crippen MR) is 79.5 cm³/mol. The normalized spacial score (nSPS) is 25.6. The molecule has 0 spiro atoms. The summed E-state index contributed by atoms with van der Waals surface area (Å²) in [7, 11) is 3.55. The summed E-state index contributed by atoms with van der Waals surface area (Å²) in [6, 6.07) is 3.71. The average molecular weight is 300 g/mol. The van der Waals surface area contributed by atoms with Crippen LogP contribution in [-0.2, 0) is 9.73 Å². The summed E-state index contributed by atoms with van der Waals surface area (Å²) in [6.45, 7) is 0. The maximum absolute atomic E-state index is 11.6. The highest BCUT2D eigenvalue weighted by molar-refractivity contribution is 7.92. The highest BCUT2D eigenvalue weighted by Gasteiger charge is 2.22. The first-order valence-corrected chi connectivity index (χ1v) is 8.46. The van der Waals surface area contributed by atoms with E-state index < -0.39 is 9.73 Å². The van der Waals surface area contributed by atoms with Crippen molar-refractivity contribution in [2.75, 3.05) is 11.5 Å². The van der Waals surface area contributed by atoms with Crippen LogP contribution in [0.5, 0.6) is 5.75 Å². The van der Waals surface area contributed by atoms with Crippen LogP contribution in [0.4, 0.5) is 0 Å². The fourth-order valence-corrected chi connectivity index (χ4v) is 3.97. The zero-order valence-corrected chi connectivity index (χ0v) is 12.1. The molecule has 0 aromatic carbocycles. The Hall–Kier alpha value is -2.01. The second-order valence-electron chi connectivity index (χ2n) is 5.13. The smallest absolute Gasteiger partial charge is 0.137 e. The molecular formula is C13H13BN4O2S. The zero-order valence-electron chi connectivity index (χ0n) is 11.3. The number of ether oxygens (including phenoxy) is 1. The van der Waals surface area contributed by atoms with Crippen LogP contribution in [0.3, 0.4) is 0 Å². The molecule has 8 heteroatoms. The number of hydrogen-bond donors (Lipinski definition) is 1. The summed E-state index contributed by atoms with van der Waals surface area (Å²) < 4.78 is 26.6. The van der Waals surface area contributed by atoms with Gasteiger partial charge in [-0.1, -0.05) is 5.46 Å². The largest absolute Gasteiger partial charge is 0.489 e. The van der Waals surface area contributed by atoms with Gasteiger partial charge in [-0.3, -0.25) is 4.78 Å². The van der Waals surface area contributed by atoms with Crippen LogP contribution in [0.25, 0.3) is 5.52 Å². The molecule has 3 heterocycles. The molecule has 1 N–H and O–H groups in total. The van der Waals surface area contributed by atoms with Gasteiger partial charge in [-0.05, 0) is 18.9 Å². The first-order chi connectivity index (χ1) is 9.98. The minimum atomic E-state index is -2.41. The van der Waals surface area contributed by atoms with Gasteiger partial charge >= 0.3 is 0 Å². The van der Waals surface area contributed by atoms with E-state index in [1.165, 1.54) is 10.7 Å². The quantitative estimate of drug-likeness (QED) is 0.822. The topological polar surface area (TPSA) is 91.2 Å². The van der Waals surface area contributed by atoms with Crippen molar-refractivity contribution in [3.63, 3.8) is 0 Å². The molecule has 1 saturated heterocycles. The van der Waals surface area contributed by atoms with Gasteiger partial charge in [-0.15, -0.1) is 0 Å². The molecule has 1 aliphatic rings. The molecule has 3 rings (SSSR count). The molecule has 2 aromatic heterocycles. The van der Waals surface area contributed by atoms with E-state index in [2.05, 4.69) is 5.10 Å². The van der Waals surface area contributed by atoms with Crippen molar-refractivity contribution in [1.82, 2.24) is 9.61 Å².